The van der Waals surface area contributed by atoms with Gasteiger partial charge in [0.25, 0.3) is 0 Å². The molecule has 146 heavy (non-hydrogen) atoms. The second kappa shape index (κ2) is 31.8. The van der Waals surface area contributed by atoms with Crippen molar-refractivity contribution in [2.24, 2.45) is 0 Å². The lowest BCUT2D eigenvalue weighted by atomic mass is 9.80. The zero-order valence-corrected chi connectivity index (χ0v) is 82.7. The number of nitrogens with zero attached hydrogens (tertiary/aromatic N) is 6. The molecule has 0 fully saturated rings. The fraction of sp³-hybridized carbons (Fsp3) is 0.0857. The van der Waals surface area contributed by atoms with Crippen molar-refractivity contribution in [2.45, 2.75) is 77.0 Å². The van der Waals surface area contributed by atoms with Crippen molar-refractivity contribution in [1.29, 1.82) is 0 Å². The summed E-state index contributed by atoms with van der Waals surface area (Å²) in [6.45, 7) is 19.0. The minimum absolute atomic E-state index is 0.00185. The molecule has 6 nitrogen and oxygen atoms in total. The summed E-state index contributed by atoms with van der Waals surface area (Å²) in [5.74, 6) is 0. The Kier molecular flexibility index (Phi) is 18.5. The van der Waals surface area contributed by atoms with Crippen molar-refractivity contribution in [3.05, 3.63) is 518 Å². The molecule has 0 bridgehead atoms. The van der Waals surface area contributed by atoms with E-state index in [9.17, 15) is 0 Å². The van der Waals surface area contributed by atoms with E-state index in [4.69, 9.17) is 0 Å². The van der Waals surface area contributed by atoms with Crippen LogP contribution in [-0.4, -0.2) is 27.4 Å². The maximum Gasteiger partial charge on any atom is 0.0594 e. The molecule has 6 aromatic heterocycles. The highest BCUT2D eigenvalue weighted by Crippen LogP contribution is 2.60. The van der Waals surface area contributed by atoms with E-state index >= 15 is 0 Å². The lowest BCUT2D eigenvalue weighted by Gasteiger charge is -2.24. The molecular formula is C140H102N6. The minimum Gasteiger partial charge on any atom is -0.312 e. The Morgan fingerprint density at radius 2 is 0.507 bits per heavy atom. The van der Waals surface area contributed by atoms with E-state index in [0.717, 1.165) is 0 Å². The van der Waals surface area contributed by atoms with Gasteiger partial charge in [0.2, 0.25) is 0 Å². The smallest absolute Gasteiger partial charge is 0.0594 e. The number of hydrogen-bond acceptors (Lipinski definition) is 0. The van der Waals surface area contributed by atoms with E-state index in [-0.39, 0.29) is 21.7 Å². The molecule has 4 aliphatic rings. The molecule has 22 aromatic carbocycles. The molecular weight excluding hydrogens is 1770 g/mol. The second-order valence-electron chi connectivity index (χ2n) is 42.4. The summed E-state index contributed by atoms with van der Waals surface area (Å²) in [6, 6.07) is 173. The molecule has 0 atom stereocenters. The monoisotopic (exact) mass is 1870 g/mol. The first-order valence-electron chi connectivity index (χ1n) is 51.4. The van der Waals surface area contributed by atoms with Gasteiger partial charge in [-0.15, -0.1) is 0 Å². The summed E-state index contributed by atoms with van der Waals surface area (Å²) in [6.07, 6.45) is 0. The molecule has 4 aliphatic carbocycles. The predicted octanol–water partition coefficient (Wildman–Crippen LogP) is 36.9. The van der Waals surface area contributed by atoms with Gasteiger partial charge in [0, 0.05) is 126 Å². The molecule has 6 heteroatoms. The highest BCUT2D eigenvalue weighted by molar-refractivity contribution is 6.28. The average molecular weight is 1870 g/mol. The van der Waals surface area contributed by atoms with Crippen LogP contribution in [0.25, 0.3) is 231 Å². The number of aromatic nitrogens is 6. The van der Waals surface area contributed by atoms with Crippen LogP contribution in [0.3, 0.4) is 0 Å². The van der Waals surface area contributed by atoms with E-state index in [1.165, 1.54) is 276 Å². The van der Waals surface area contributed by atoms with Crippen molar-refractivity contribution in [3.63, 3.8) is 0 Å². The van der Waals surface area contributed by atoms with Gasteiger partial charge in [0.05, 0.1) is 60.7 Å². The lowest BCUT2D eigenvalue weighted by Crippen LogP contribution is -2.19. The number of benzene rings is 22. The summed E-state index contributed by atoms with van der Waals surface area (Å²) in [4.78, 5) is 0. The maximum atomic E-state index is 2.53. The van der Waals surface area contributed by atoms with Gasteiger partial charge < -0.3 is 27.4 Å². The molecule has 692 valence electrons. The van der Waals surface area contributed by atoms with Crippen molar-refractivity contribution < 1.29 is 0 Å². The average Bonchev–Trinajstić information content (AvgIpc) is 1.48. The van der Waals surface area contributed by atoms with Crippen LogP contribution in [0.1, 0.15) is 100 Å². The van der Waals surface area contributed by atoms with E-state index in [0.29, 0.717) is 0 Å². The summed E-state index contributed by atoms with van der Waals surface area (Å²) in [7, 11) is 0. The molecule has 0 spiro atoms. The number of rotatable bonds is 6. The van der Waals surface area contributed by atoms with Crippen LogP contribution in [0.4, 0.5) is 0 Å². The molecule has 28 aromatic rings. The Bertz CT molecular complexity index is 10300. The highest BCUT2D eigenvalue weighted by atomic mass is 15.0. The van der Waals surface area contributed by atoms with Gasteiger partial charge in [-0.05, 0) is 250 Å². The summed E-state index contributed by atoms with van der Waals surface area (Å²) >= 11 is 0. The van der Waals surface area contributed by atoms with E-state index in [1.54, 1.807) is 0 Å². The predicted molar refractivity (Wildman–Crippen MR) is 617 cm³/mol. The third-order valence-electron chi connectivity index (χ3n) is 33.2. The van der Waals surface area contributed by atoms with Gasteiger partial charge in [-0.1, -0.05) is 389 Å². The molecule has 0 saturated heterocycles. The molecule has 0 unspecified atom stereocenters. The quantitative estimate of drug-likeness (QED) is 0.159. The fourth-order valence-electron chi connectivity index (χ4n) is 26.8. The van der Waals surface area contributed by atoms with Gasteiger partial charge in [0.15, 0.2) is 0 Å². The normalized spacial score (nSPS) is 14.0. The number of hydrogen-bond donors (Lipinski definition) is 0. The molecule has 0 aliphatic heterocycles. The first kappa shape index (κ1) is 85.0. The highest BCUT2D eigenvalue weighted by Gasteiger charge is 2.45. The zero-order chi connectivity index (χ0) is 97.5. The third kappa shape index (κ3) is 12.2. The fourth-order valence-corrected chi connectivity index (χ4v) is 26.8. The van der Waals surface area contributed by atoms with Gasteiger partial charge >= 0.3 is 0 Å². The standard InChI is InChI=1S/C43H30N2.C35H26N2.2C31H23N/c1-43(2)35-19-9-5-17-33(35)39-31-15-3-4-16-32(31)40-34-18-8-12-22-38(34)45(42(40)41(39)43)28-25-23-27(24-26-28)44-36-20-10-6-13-29(36)30-14-7-11-21-37(30)44;1-35(2)29-15-7-3-13-27(29)33-28-14-6-10-18-32(28)37(34(33)35)24-21-19-23(20-22-24)36-30-16-8-4-11-25(30)26-12-5-9-17-31(26)36;1-31(2)27-15-9-8-14-23(27)24-19-30-26(18-28(24)31)25-16-20-10-6-7-11-21(20)17-29(25)32(30)22-12-4-3-5-13-22;1-31(2)26-15-9-8-14-23(26)24-17-18-25-28-22-13-7-6-10-20(22)16-19-27(28)32(30(25)29(24)31)21-11-4-3-5-12-21/h3-26H,1-2H3;3-22H,1-2H3;2*3-19H,1-2H3. The topological polar surface area (TPSA) is 29.6 Å². The van der Waals surface area contributed by atoms with Crippen LogP contribution in [-0.2, 0) is 21.7 Å². The van der Waals surface area contributed by atoms with E-state index in [2.05, 4.69) is 556 Å². The number of para-hydroxylation sites is 8. The Balaban J connectivity index is 0.0000000931. The minimum atomic E-state index is -0.150. The van der Waals surface area contributed by atoms with Crippen LogP contribution < -0.4 is 0 Å². The van der Waals surface area contributed by atoms with Gasteiger partial charge in [-0.2, -0.15) is 0 Å². The van der Waals surface area contributed by atoms with Crippen LogP contribution >= 0.6 is 0 Å². The van der Waals surface area contributed by atoms with Crippen LogP contribution in [0.5, 0.6) is 0 Å². The third-order valence-corrected chi connectivity index (χ3v) is 33.2. The van der Waals surface area contributed by atoms with Gasteiger partial charge in [-0.3, -0.25) is 0 Å². The largest absolute Gasteiger partial charge is 0.312 e. The Hall–Kier alpha value is -17.8. The SMILES string of the molecule is CC1(C)c2ccccc2-c2c1c1c(c3ccccc23)c2ccccc2n1-c1ccc(-n2c3ccccc3c3ccccc32)cc1.CC1(C)c2ccccc2-c2c1n(-c1ccc(-n3c4ccccc4c4ccccc43)cc1)c1ccccc21.CC1(C)c2ccccc2-c2cc3c(cc21)c1cc2ccccc2cc1n3-c1ccccc1.CC1(C)c2ccccc2-c2ccc3c4c5ccccc5ccc4n(-c4ccccc4)c3c21. The molecule has 6 heterocycles. The Morgan fingerprint density at radius 1 is 0.151 bits per heavy atom. The van der Waals surface area contributed by atoms with Crippen molar-refractivity contribution >= 4 is 152 Å². The van der Waals surface area contributed by atoms with E-state index < -0.39 is 0 Å². The summed E-state index contributed by atoms with van der Waals surface area (Å²) < 4.78 is 14.7. The molecule has 0 radical (unpaired) electrons. The molecule has 0 saturated carbocycles. The van der Waals surface area contributed by atoms with Crippen LogP contribution in [0.15, 0.2) is 473 Å². The summed E-state index contributed by atoms with van der Waals surface area (Å²) in [5.41, 5.74) is 42.9. The first-order valence-corrected chi connectivity index (χ1v) is 51.4. The number of fused-ring (bicyclic) bond motifs is 37. The van der Waals surface area contributed by atoms with Crippen molar-refractivity contribution in [2.75, 3.05) is 0 Å². The molecule has 0 amide bonds. The Morgan fingerprint density at radius 3 is 1.06 bits per heavy atom. The van der Waals surface area contributed by atoms with Crippen molar-refractivity contribution in [1.82, 2.24) is 27.4 Å². The van der Waals surface area contributed by atoms with Gasteiger partial charge in [-0.25, -0.2) is 0 Å². The van der Waals surface area contributed by atoms with Crippen LogP contribution in [0, 0.1) is 0 Å². The zero-order valence-electron chi connectivity index (χ0n) is 82.7. The van der Waals surface area contributed by atoms with E-state index in [1.807, 2.05) is 0 Å². The maximum absolute atomic E-state index is 2.53. The van der Waals surface area contributed by atoms with Gasteiger partial charge in [0.1, 0.15) is 0 Å². The summed E-state index contributed by atoms with van der Waals surface area (Å²) in [5, 5.41) is 22.2. The Labute approximate surface area is 847 Å². The first-order chi connectivity index (χ1) is 71.6. The van der Waals surface area contributed by atoms with Crippen LogP contribution in [0.2, 0.25) is 0 Å². The molecule has 32 rings (SSSR count). The second-order valence-corrected chi connectivity index (χ2v) is 42.4. The lowest BCUT2D eigenvalue weighted by molar-refractivity contribution is 0.624. The van der Waals surface area contributed by atoms with Crippen molar-refractivity contribution in [3.8, 4) is 78.6 Å². The molecule has 0 N–H and O–H groups in total.